The zero-order chi connectivity index (χ0) is 12.4. The molecule has 7 nitrogen and oxygen atoms in total. The van der Waals surface area contributed by atoms with Crippen molar-refractivity contribution >= 4 is 34.3 Å². The zero-order valence-electron chi connectivity index (χ0n) is 8.93. The maximum Gasteiger partial charge on any atom is 0.357 e. The Labute approximate surface area is 100 Å². The molecule has 8 heteroatoms. The van der Waals surface area contributed by atoms with E-state index < -0.39 is 5.97 Å². The molecular formula is C9H9N3O4S. The van der Waals surface area contributed by atoms with Crippen LogP contribution in [0.2, 0.25) is 0 Å². The third kappa shape index (κ3) is 2.41. The average Bonchev–Trinajstić information content (AvgIpc) is 2.76. The lowest BCUT2D eigenvalue weighted by Gasteiger charge is -2.24. The van der Waals surface area contributed by atoms with Crippen molar-refractivity contribution in [1.29, 1.82) is 0 Å². The molecule has 1 aliphatic heterocycles. The number of thiazole rings is 1. The molecule has 0 unspecified atom stereocenters. The Kier molecular flexibility index (Phi) is 3.05. The summed E-state index contributed by atoms with van der Waals surface area (Å²) in [5.74, 6) is -1.30. The molecule has 0 atom stereocenters. The van der Waals surface area contributed by atoms with Gasteiger partial charge < -0.3 is 9.64 Å². The van der Waals surface area contributed by atoms with E-state index in [2.05, 4.69) is 15.0 Å². The molecule has 0 aromatic carbocycles. The standard InChI is InChI=1S/C9H9N3O4S/c1-16-8(15)5-4-17-9(10-5)12-2-6(13)11-7(14)3-12/h4H,2-3H2,1H3,(H,11,13,14). The molecule has 0 radical (unpaired) electrons. The SMILES string of the molecule is COC(=O)c1csc(N2CC(=O)NC(=O)C2)n1. The lowest BCUT2D eigenvalue weighted by atomic mass is 10.4. The van der Waals surface area contributed by atoms with Crippen molar-refractivity contribution < 1.29 is 19.1 Å². The first kappa shape index (κ1) is 11.5. The smallest absolute Gasteiger partial charge is 0.357 e. The fourth-order valence-electron chi connectivity index (χ4n) is 1.38. The van der Waals surface area contributed by atoms with Crippen LogP contribution in [-0.4, -0.2) is 43.0 Å². The van der Waals surface area contributed by atoms with E-state index in [9.17, 15) is 14.4 Å². The molecule has 0 aliphatic carbocycles. The molecule has 1 fully saturated rings. The Morgan fingerprint density at radius 1 is 1.47 bits per heavy atom. The summed E-state index contributed by atoms with van der Waals surface area (Å²) in [5, 5.41) is 4.16. The number of aromatic nitrogens is 1. The van der Waals surface area contributed by atoms with E-state index in [1.807, 2.05) is 0 Å². The first-order chi connectivity index (χ1) is 8.10. The van der Waals surface area contributed by atoms with Gasteiger partial charge in [-0.3, -0.25) is 14.9 Å². The van der Waals surface area contributed by atoms with E-state index >= 15 is 0 Å². The summed E-state index contributed by atoms with van der Waals surface area (Å²) in [5.41, 5.74) is 0.172. The Balaban J connectivity index is 2.17. The number of carbonyl (C=O) groups excluding carboxylic acids is 3. The Hall–Kier alpha value is -1.96. The number of rotatable bonds is 2. The highest BCUT2D eigenvalue weighted by atomic mass is 32.1. The van der Waals surface area contributed by atoms with Crippen molar-refractivity contribution in [3.05, 3.63) is 11.1 Å². The van der Waals surface area contributed by atoms with E-state index in [0.29, 0.717) is 5.13 Å². The molecule has 2 rings (SSSR count). The fraction of sp³-hybridized carbons (Fsp3) is 0.333. The second-order valence-corrected chi connectivity index (χ2v) is 4.17. The molecule has 1 aromatic heterocycles. The minimum absolute atomic E-state index is 0.0554. The third-order valence-electron chi connectivity index (χ3n) is 2.10. The van der Waals surface area contributed by atoms with Gasteiger partial charge in [-0.1, -0.05) is 0 Å². The molecule has 0 bridgehead atoms. The van der Waals surface area contributed by atoms with Crippen LogP contribution in [0, 0.1) is 0 Å². The number of nitrogens with one attached hydrogen (secondary N) is 1. The number of nitrogens with zero attached hydrogens (tertiary/aromatic N) is 2. The van der Waals surface area contributed by atoms with Crippen LogP contribution in [0.5, 0.6) is 0 Å². The number of hydrogen-bond donors (Lipinski definition) is 1. The van der Waals surface area contributed by atoms with Crippen molar-refractivity contribution in [1.82, 2.24) is 10.3 Å². The molecule has 0 saturated carbocycles. The van der Waals surface area contributed by atoms with E-state index in [4.69, 9.17) is 0 Å². The number of imide groups is 1. The van der Waals surface area contributed by atoms with Crippen molar-refractivity contribution in [2.45, 2.75) is 0 Å². The molecule has 0 spiro atoms. The summed E-state index contributed by atoms with van der Waals surface area (Å²) in [4.78, 5) is 39.1. The van der Waals surface area contributed by atoms with Crippen molar-refractivity contribution in [3.8, 4) is 0 Å². The van der Waals surface area contributed by atoms with Gasteiger partial charge in [0.15, 0.2) is 10.8 Å². The van der Waals surface area contributed by atoms with Gasteiger partial charge in [-0.15, -0.1) is 11.3 Å². The summed E-state index contributed by atoms with van der Waals surface area (Å²) in [6.07, 6.45) is 0. The highest BCUT2D eigenvalue weighted by Crippen LogP contribution is 2.21. The quantitative estimate of drug-likeness (QED) is 0.560. The van der Waals surface area contributed by atoms with Crippen LogP contribution < -0.4 is 10.2 Å². The van der Waals surface area contributed by atoms with Gasteiger partial charge in [-0.2, -0.15) is 0 Å². The Morgan fingerprint density at radius 2 is 2.12 bits per heavy atom. The molecule has 1 N–H and O–H groups in total. The lowest BCUT2D eigenvalue weighted by molar-refractivity contribution is -0.130. The van der Waals surface area contributed by atoms with Gasteiger partial charge in [0.25, 0.3) is 0 Å². The third-order valence-corrected chi connectivity index (χ3v) is 3.01. The van der Waals surface area contributed by atoms with Gasteiger partial charge in [0.2, 0.25) is 11.8 Å². The summed E-state index contributed by atoms with van der Waals surface area (Å²) in [6.45, 7) is 0.111. The number of hydrogen-bond acceptors (Lipinski definition) is 7. The summed E-state index contributed by atoms with van der Waals surface area (Å²) in [6, 6.07) is 0. The maximum absolute atomic E-state index is 11.2. The Bertz CT molecular complexity index is 468. The van der Waals surface area contributed by atoms with Crippen molar-refractivity contribution in [3.63, 3.8) is 0 Å². The topological polar surface area (TPSA) is 88.6 Å². The van der Waals surface area contributed by atoms with Crippen molar-refractivity contribution in [2.24, 2.45) is 0 Å². The molecule has 2 heterocycles. The number of methoxy groups -OCH3 is 1. The van der Waals surface area contributed by atoms with Crippen LogP contribution >= 0.6 is 11.3 Å². The predicted octanol–water partition coefficient (Wildman–Crippen LogP) is -0.608. The predicted molar refractivity (Wildman–Crippen MR) is 58.8 cm³/mol. The molecule has 17 heavy (non-hydrogen) atoms. The van der Waals surface area contributed by atoms with Gasteiger partial charge >= 0.3 is 5.97 Å². The second kappa shape index (κ2) is 4.50. The second-order valence-electron chi connectivity index (χ2n) is 3.33. The molecule has 90 valence electrons. The van der Waals surface area contributed by atoms with Gasteiger partial charge in [0, 0.05) is 5.38 Å². The number of amides is 2. The number of carbonyl (C=O) groups is 3. The summed E-state index contributed by atoms with van der Waals surface area (Å²) in [7, 11) is 1.26. The highest BCUT2D eigenvalue weighted by Gasteiger charge is 2.25. The maximum atomic E-state index is 11.2. The minimum atomic E-state index is -0.541. The number of anilines is 1. The van der Waals surface area contributed by atoms with Crippen LogP contribution in [-0.2, 0) is 14.3 Å². The van der Waals surface area contributed by atoms with Gasteiger partial charge in [0.05, 0.1) is 7.11 Å². The first-order valence-electron chi connectivity index (χ1n) is 4.71. The summed E-state index contributed by atoms with van der Waals surface area (Å²) >= 11 is 1.19. The van der Waals surface area contributed by atoms with Gasteiger partial charge in [0.1, 0.15) is 13.1 Å². The van der Waals surface area contributed by atoms with Gasteiger partial charge in [-0.25, -0.2) is 9.78 Å². The zero-order valence-corrected chi connectivity index (χ0v) is 9.74. The fourth-order valence-corrected chi connectivity index (χ4v) is 2.18. The van der Waals surface area contributed by atoms with E-state index in [1.165, 1.54) is 28.7 Å². The van der Waals surface area contributed by atoms with Crippen LogP contribution in [0.1, 0.15) is 10.5 Å². The molecular weight excluding hydrogens is 246 g/mol. The number of esters is 1. The van der Waals surface area contributed by atoms with E-state index in [0.717, 1.165) is 0 Å². The molecule has 1 aliphatic rings. The van der Waals surface area contributed by atoms with Gasteiger partial charge in [-0.05, 0) is 0 Å². The van der Waals surface area contributed by atoms with Crippen molar-refractivity contribution in [2.75, 3.05) is 25.1 Å². The number of ether oxygens (including phenoxy) is 1. The number of piperazine rings is 1. The molecule has 1 aromatic rings. The van der Waals surface area contributed by atoms with E-state index in [-0.39, 0.29) is 30.6 Å². The van der Waals surface area contributed by atoms with Crippen LogP contribution in [0.3, 0.4) is 0 Å². The van der Waals surface area contributed by atoms with Crippen LogP contribution in [0.25, 0.3) is 0 Å². The van der Waals surface area contributed by atoms with Crippen LogP contribution in [0.4, 0.5) is 5.13 Å². The minimum Gasteiger partial charge on any atom is -0.464 e. The monoisotopic (exact) mass is 255 g/mol. The lowest BCUT2D eigenvalue weighted by Crippen LogP contribution is -2.51. The molecule has 2 amide bonds. The first-order valence-corrected chi connectivity index (χ1v) is 5.59. The highest BCUT2D eigenvalue weighted by molar-refractivity contribution is 7.14. The van der Waals surface area contributed by atoms with Crippen LogP contribution in [0.15, 0.2) is 5.38 Å². The Morgan fingerprint density at radius 3 is 2.71 bits per heavy atom. The largest absolute Gasteiger partial charge is 0.464 e. The summed E-state index contributed by atoms with van der Waals surface area (Å²) < 4.78 is 4.52. The normalized spacial score (nSPS) is 15.7. The molecule has 1 saturated heterocycles. The van der Waals surface area contributed by atoms with E-state index in [1.54, 1.807) is 0 Å². The average molecular weight is 255 g/mol.